The third kappa shape index (κ3) is 3.07. The molecule has 0 radical (unpaired) electrons. The summed E-state index contributed by atoms with van der Waals surface area (Å²) in [6, 6.07) is 8.01. The first-order valence-corrected chi connectivity index (χ1v) is 7.38. The number of carbonyl (C=O) groups is 1. The van der Waals surface area contributed by atoms with Crippen LogP contribution in [0.1, 0.15) is 36.9 Å². The molecule has 0 aliphatic rings. The maximum atomic E-state index is 12.2. The fourth-order valence-electron chi connectivity index (χ4n) is 2.29. The van der Waals surface area contributed by atoms with Crippen molar-refractivity contribution in [3.05, 3.63) is 29.1 Å². The number of anilines is 1. The van der Waals surface area contributed by atoms with Gasteiger partial charge in [0.25, 0.3) is 5.91 Å². The van der Waals surface area contributed by atoms with Crippen molar-refractivity contribution in [2.24, 2.45) is 5.92 Å². The number of rotatable bonds is 4. The minimum atomic E-state index is -0.0631. The summed E-state index contributed by atoms with van der Waals surface area (Å²) in [4.78, 5) is 12.9. The first-order valence-electron chi connectivity index (χ1n) is 6.57. The van der Waals surface area contributed by atoms with E-state index in [9.17, 15) is 4.79 Å². The Balaban J connectivity index is 2.20. The Morgan fingerprint density at radius 2 is 2.00 bits per heavy atom. The van der Waals surface area contributed by atoms with Crippen LogP contribution in [0.2, 0.25) is 0 Å². The quantitative estimate of drug-likeness (QED) is 0.895. The van der Waals surface area contributed by atoms with Crippen molar-refractivity contribution in [3.63, 3.8) is 0 Å². The van der Waals surface area contributed by atoms with E-state index in [0.29, 0.717) is 16.5 Å². The maximum Gasteiger partial charge on any atom is 0.263 e. The van der Waals surface area contributed by atoms with Crippen LogP contribution in [0.4, 0.5) is 5.69 Å². The summed E-state index contributed by atoms with van der Waals surface area (Å²) < 4.78 is 1.06. The van der Waals surface area contributed by atoms with Crippen molar-refractivity contribution in [3.8, 4) is 0 Å². The average Bonchev–Trinajstić information content (AvgIpc) is 2.66. The standard InChI is InChI=1S/C15H20N2OS/c1-9(2)8-10(3)17-15(18)14-13(16)11-6-4-5-7-12(11)19-14/h4-7,9-10H,8,16H2,1-3H3,(H,17,18). The zero-order valence-electron chi connectivity index (χ0n) is 11.6. The summed E-state index contributed by atoms with van der Waals surface area (Å²) in [5.74, 6) is 0.502. The second-order valence-corrected chi connectivity index (χ2v) is 6.40. The van der Waals surface area contributed by atoms with Gasteiger partial charge in [-0.05, 0) is 25.3 Å². The number of benzene rings is 1. The van der Waals surface area contributed by atoms with Crippen molar-refractivity contribution in [2.75, 3.05) is 5.73 Å². The number of hydrogen-bond acceptors (Lipinski definition) is 3. The van der Waals surface area contributed by atoms with Gasteiger partial charge in [-0.1, -0.05) is 32.0 Å². The van der Waals surface area contributed by atoms with E-state index in [2.05, 4.69) is 19.2 Å². The zero-order valence-corrected chi connectivity index (χ0v) is 12.4. The summed E-state index contributed by atoms with van der Waals surface area (Å²) >= 11 is 1.46. The van der Waals surface area contributed by atoms with Gasteiger partial charge in [0.15, 0.2) is 0 Å². The second kappa shape index (κ2) is 5.61. The normalized spacial score (nSPS) is 12.8. The minimum absolute atomic E-state index is 0.0631. The molecular weight excluding hydrogens is 256 g/mol. The molecule has 1 atom stereocenters. The van der Waals surface area contributed by atoms with Gasteiger partial charge in [0.2, 0.25) is 0 Å². The van der Waals surface area contributed by atoms with Gasteiger partial charge in [-0.2, -0.15) is 0 Å². The minimum Gasteiger partial charge on any atom is -0.397 e. The number of nitrogens with two attached hydrogens (primary N) is 1. The third-order valence-electron chi connectivity index (χ3n) is 3.04. The van der Waals surface area contributed by atoms with Gasteiger partial charge in [-0.15, -0.1) is 11.3 Å². The van der Waals surface area contributed by atoms with Crippen molar-refractivity contribution < 1.29 is 4.79 Å². The zero-order chi connectivity index (χ0) is 14.0. The van der Waals surface area contributed by atoms with Gasteiger partial charge in [0.1, 0.15) is 4.88 Å². The van der Waals surface area contributed by atoms with Gasteiger partial charge in [0, 0.05) is 16.1 Å². The Bertz CT molecular complexity index is 589. The van der Waals surface area contributed by atoms with Crippen molar-refractivity contribution in [1.82, 2.24) is 5.32 Å². The number of nitrogens with one attached hydrogen (secondary N) is 1. The summed E-state index contributed by atoms with van der Waals surface area (Å²) in [7, 11) is 0. The molecule has 102 valence electrons. The number of carbonyl (C=O) groups excluding carboxylic acids is 1. The Kier molecular flexibility index (Phi) is 4.10. The van der Waals surface area contributed by atoms with Gasteiger partial charge in [-0.3, -0.25) is 4.79 Å². The maximum absolute atomic E-state index is 12.2. The highest BCUT2D eigenvalue weighted by Gasteiger charge is 2.17. The Morgan fingerprint density at radius 1 is 1.32 bits per heavy atom. The molecule has 0 bridgehead atoms. The lowest BCUT2D eigenvalue weighted by Gasteiger charge is -2.15. The molecule has 19 heavy (non-hydrogen) atoms. The molecule has 3 N–H and O–H groups in total. The molecule has 0 aliphatic heterocycles. The van der Waals surface area contributed by atoms with Crippen LogP contribution in [0.25, 0.3) is 10.1 Å². The fraction of sp³-hybridized carbons (Fsp3) is 0.400. The first-order chi connectivity index (χ1) is 8.99. The van der Waals surface area contributed by atoms with Crippen LogP contribution in [0.5, 0.6) is 0 Å². The SMILES string of the molecule is CC(C)CC(C)NC(=O)c1sc2ccccc2c1N. The predicted molar refractivity (Wildman–Crippen MR) is 82.6 cm³/mol. The van der Waals surface area contributed by atoms with Crippen LogP contribution in [-0.2, 0) is 0 Å². The molecule has 1 aromatic carbocycles. The summed E-state index contributed by atoms with van der Waals surface area (Å²) in [5.41, 5.74) is 6.66. The highest BCUT2D eigenvalue weighted by atomic mass is 32.1. The van der Waals surface area contributed by atoms with Crippen LogP contribution >= 0.6 is 11.3 Å². The van der Waals surface area contributed by atoms with Gasteiger partial charge in [-0.25, -0.2) is 0 Å². The fourth-order valence-corrected chi connectivity index (χ4v) is 3.32. The number of amides is 1. The molecule has 1 heterocycles. The lowest BCUT2D eigenvalue weighted by Crippen LogP contribution is -2.33. The molecule has 3 nitrogen and oxygen atoms in total. The molecule has 0 fully saturated rings. The van der Waals surface area contributed by atoms with Crippen LogP contribution in [-0.4, -0.2) is 11.9 Å². The van der Waals surface area contributed by atoms with Crippen LogP contribution in [0.15, 0.2) is 24.3 Å². The third-order valence-corrected chi connectivity index (χ3v) is 4.23. The molecule has 2 aromatic rings. The molecule has 1 amide bonds. The predicted octanol–water partition coefficient (Wildman–Crippen LogP) is 3.65. The van der Waals surface area contributed by atoms with E-state index in [0.717, 1.165) is 16.5 Å². The second-order valence-electron chi connectivity index (χ2n) is 5.35. The highest BCUT2D eigenvalue weighted by molar-refractivity contribution is 7.21. The van der Waals surface area contributed by atoms with Crippen LogP contribution in [0.3, 0.4) is 0 Å². The van der Waals surface area contributed by atoms with E-state index in [1.807, 2.05) is 31.2 Å². The van der Waals surface area contributed by atoms with E-state index < -0.39 is 0 Å². The molecule has 0 aliphatic carbocycles. The number of thiophene rings is 1. The monoisotopic (exact) mass is 276 g/mol. The summed E-state index contributed by atoms with van der Waals surface area (Å²) in [6.07, 6.45) is 0.969. The van der Waals surface area contributed by atoms with E-state index in [-0.39, 0.29) is 11.9 Å². The molecule has 0 spiro atoms. The molecule has 2 rings (SSSR count). The molecule has 1 aromatic heterocycles. The largest absolute Gasteiger partial charge is 0.397 e. The number of nitrogen functional groups attached to an aromatic ring is 1. The van der Waals surface area contributed by atoms with Gasteiger partial charge in [0.05, 0.1) is 5.69 Å². The number of hydrogen-bond donors (Lipinski definition) is 2. The van der Waals surface area contributed by atoms with Gasteiger partial charge >= 0.3 is 0 Å². The smallest absolute Gasteiger partial charge is 0.263 e. The van der Waals surface area contributed by atoms with Crippen LogP contribution < -0.4 is 11.1 Å². The highest BCUT2D eigenvalue weighted by Crippen LogP contribution is 2.33. The van der Waals surface area contributed by atoms with E-state index >= 15 is 0 Å². The van der Waals surface area contributed by atoms with Gasteiger partial charge < -0.3 is 11.1 Å². The van der Waals surface area contributed by atoms with Crippen LogP contribution in [0, 0.1) is 5.92 Å². The van der Waals surface area contributed by atoms with Crippen molar-refractivity contribution >= 4 is 33.0 Å². The molecule has 0 saturated heterocycles. The average molecular weight is 276 g/mol. The first kappa shape index (κ1) is 13.9. The van der Waals surface area contributed by atoms with E-state index in [1.165, 1.54) is 11.3 Å². The lowest BCUT2D eigenvalue weighted by molar-refractivity contribution is 0.0941. The van der Waals surface area contributed by atoms with E-state index in [4.69, 9.17) is 5.73 Å². The summed E-state index contributed by atoms with van der Waals surface area (Å²) in [5, 5.41) is 3.99. The molecular formula is C15H20N2OS. The molecule has 4 heteroatoms. The summed E-state index contributed by atoms with van der Waals surface area (Å²) in [6.45, 7) is 6.33. The van der Waals surface area contributed by atoms with Crippen molar-refractivity contribution in [1.29, 1.82) is 0 Å². The van der Waals surface area contributed by atoms with Crippen molar-refractivity contribution in [2.45, 2.75) is 33.2 Å². The lowest BCUT2D eigenvalue weighted by atomic mass is 10.1. The van der Waals surface area contributed by atoms with E-state index in [1.54, 1.807) is 0 Å². The molecule has 0 saturated carbocycles. The number of fused-ring (bicyclic) bond motifs is 1. The topological polar surface area (TPSA) is 55.1 Å². The Labute approximate surface area is 117 Å². The Hall–Kier alpha value is -1.55. The Morgan fingerprint density at radius 3 is 2.63 bits per heavy atom. The molecule has 1 unspecified atom stereocenters.